The smallest absolute Gasteiger partial charge is 0.421 e. The molecule has 0 radical (unpaired) electrons. The van der Waals surface area contributed by atoms with Gasteiger partial charge in [-0.05, 0) is 32.6 Å². The molecule has 3 N–H and O–H groups in total. The van der Waals surface area contributed by atoms with E-state index in [4.69, 9.17) is 10.5 Å². The summed E-state index contributed by atoms with van der Waals surface area (Å²) in [4.78, 5) is 11.3. The monoisotopic (exact) mass is 213 g/mol. The fraction of sp³-hybridized carbons (Fsp3) is 0.900. The van der Waals surface area contributed by atoms with Crippen LogP contribution >= 0.6 is 0 Å². The van der Waals surface area contributed by atoms with Crippen LogP contribution in [0.1, 0.15) is 32.6 Å². The number of fused-ring (bicyclic) bond motifs is 2. The van der Waals surface area contributed by atoms with Crippen LogP contribution in [0.25, 0.3) is 0 Å². The van der Waals surface area contributed by atoms with Crippen molar-refractivity contribution >= 4 is 6.09 Å². The lowest BCUT2D eigenvalue weighted by Crippen LogP contribution is -2.55. The number of hydrogen-bond donors (Lipinski definition) is 2. The minimum absolute atomic E-state index is 0.294. The van der Waals surface area contributed by atoms with E-state index in [0.29, 0.717) is 24.7 Å². The molecule has 2 rings (SSSR count). The van der Waals surface area contributed by atoms with Gasteiger partial charge in [0.05, 0.1) is 6.61 Å². The van der Waals surface area contributed by atoms with Gasteiger partial charge in [-0.3, -0.25) is 5.43 Å². The van der Waals surface area contributed by atoms with E-state index in [9.17, 15) is 4.79 Å². The molecule has 1 amide bonds. The van der Waals surface area contributed by atoms with Gasteiger partial charge in [-0.15, -0.1) is 0 Å². The lowest BCUT2D eigenvalue weighted by molar-refractivity contribution is 0.0536. The predicted molar refractivity (Wildman–Crippen MR) is 56.0 cm³/mol. The summed E-state index contributed by atoms with van der Waals surface area (Å²) in [5.41, 5.74) is 8.76. The number of nitrogens with zero attached hydrogens (tertiary/aromatic N) is 1. The average molecular weight is 213 g/mol. The van der Waals surface area contributed by atoms with Gasteiger partial charge in [-0.2, -0.15) is 0 Å². The molecule has 2 aliphatic rings. The molecule has 0 saturated carbocycles. The second-order valence-corrected chi connectivity index (χ2v) is 4.36. The Balaban J connectivity index is 1.91. The second kappa shape index (κ2) is 4.37. The number of nitrogens with two attached hydrogens (primary N) is 1. The first-order chi connectivity index (χ1) is 7.20. The van der Waals surface area contributed by atoms with Crippen LogP contribution < -0.4 is 11.2 Å². The first-order valence-electron chi connectivity index (χ1n) is 5.68. The van der Waals surface area contributed by atoms with Crippen LogP contribution in [-0.4, -0.2) is 35.8 Å². The first-order valence-corrected chi connectivity index (χ1v) is 5.68. The zero-order valence-electron chi connectivity index (χ0n) is 9.11. The highest BCUT2D eigenvalue weighted by molar-refractivity contribution is 5.66. The highest BCUT2D eigenvalue weighted by Crippen LogP contribution is 2.33. The summed E-state index contributed by atoms with van der Waals surface area (Å²) in [5.74, 6) is 0. The minimum atomic E-state index is -0.343. The lowest BCUT2D eigenvalue weighted by atomic mass is 10.0. The summed E-state index contributed by atoms with van der Waals surface area (Å²) < 4.78 is 4.87. The molecule has 2 atom stereocenters. The normalized spacial score (nSPS) is 35.2. The van der Waals surface area contributed by atoms with Gasteiger partial charge >= 0.3 is 6.09 Å². The molecule has 0 aromatic heterocycles. The van der Waals surface area contributed by atoms with E-state index >= 15 is 0 Å². The number of carbonyl (C=O) groups is 1. The molecule has 15 heavy (non-hydrogen) atoms. The van der Waals surface area contributed by atoms with Crippen LogP contribution in [0.2, 0.25) is 0 Å². The van der Waals surface area contributed by atoms with Gasteiger partial charge in [0.1, 0.15) is 0 Å². The standard InChI is InChI=1S/C10H19N3O2/c1-2-15-10(14)12-13-8-3-4-9(13)6-7(11)5-8/h7-9H,2-6,11H2,1H3,(H,12,14). The molecule has 0 spiro atoms. The summed E-state index contributed by atoms with van der Waals surface area (Å²) in [6, 6.07) is 1.11. The summed E-state index contributed by atoms with van der Waals surface area (Å²) in [6.45, 7) is 2.22. The van der Waals surface area contributed by atoms with Gasteiger partial charge in [0.25, 0.3) is 0 Å². The van der Waals surface area contributed by atoms with Crippen LogP contribution in [0.4, 0.5) is 4.79 Å². The number of hydrogen-bond acceptors (Lipinski definition) is 4. The molecular formula is C10H19N3O2. The van der Waals surface area contributed by atoms with Gasteiger partial charge in [-0.1, -0.05) is 0 Å². The van der Waals surface area contributed by atoms with Crippen LogP contribution in [0, 0.1) is 0 Å². The number of ether oxygens (including phenoxy) is 1. The Morgan fingerprint density at radius 3 is 2.60 bits per heavy atom. The maximum absolute atomic E-state index is 11.3. The quantitative estimate of drug-likeness (QED) is 0.705. The number of rotatable bonds is 2. The molecule has 5 heteroatoms. The van der Waals surface area contributed by atoms with Crippen molar-refractivity contribution in [1.82, 2.24) is 10.4 Å². The molecule has 2 heterocycles. The summed E-state index contributed by atoms with van der Waals surface area (Å²) in [7, 11) is 0. The predicted octanol–water partition coefficient (Wildman–Crippen LogP) is 0.602. The molecular weight excluding hydrogens is 194 g/mol. The number of amides is 1. The molecule has 2 saturated heterocycles. The van der Waals surface area contributed by atoms with Crippen molar-refractivity contribution < 1.29 is 9.53 Å². The first kappa shape index (κ1) is 10.7. The Morgan fingerprint density at radius 2 is 2.07 bits per heavy atom. The van der Waals surface area contributed by atoms with Crippen LogP contribution in [0.3, 0.4) is 0 Å². The van der Waals surface area contributed by atoms with Gasteiger partial charge in [0, 0.05) is 18.1 Å². The topological polar surface area (TPSA) is 67.6 Å². The second-order valence-electron chi connectivity index (χ2n) is 4.36. The third-order valence-corrected chi connectivity index (χ3v) is 3.27. The summed E-state index contributed by atoms with van der Waals surface area (Å²) in [5, 5.41) is 2.04. The third kappa shape index (κ3) is 2.23. The molecule has 0 aromatic carbocycles. The number of hydrazine groups is 1. The van der Waals surface area contributed by atoms with Crippen LogP contribution in [0.5, 0.6) is 0 Å². The number of carbonyl (C=O) groups excluding carboxylic acids is 1. The van der Waals surface area contributed by atoms with E-state index in [0.717, 1.165) is 25.7 Å². The molecule has 5 nitrogen and oxygen atoms in total. The molecule has 0 aromatic rings. The van der Waals surface area contributed by atoms with E-state index in [2.05, 4.69) is 5.43 Å². The molecule has 2 unspecified atom stereocenters. The van der Waals surface area contributed by atoms with Crippen molar-refractivity contribution in [3.8, 4) is 0 Å². The third-order valence-electron chi connectivity index (χ3n) is 3.27. The lowest BCUT2D eigenvalue weighted by Gasteiger charge is -2.36. The van der Waals surface area contributed by atoms with Gasteiger partial charge in [0.15, 0.2) is 0 Å². The van der Waals surface area contributed by atoms with Crippen molar-refractivity contribution in [3.05, 3.63) is 0 Å². The van der Waals surface area contributed by atoms with E-state index in [1.54, 1.807) is 6.92 Å². The van der Waals surface area contributed by atoms with Gasteiger partial charge in [-0.25, -0.2) is 9.80 Å². The Kier molecular flexibility index (Phi) is 3.11. The van der Waals surface area contributed by atoms with Crippen molar-refractivity contribution in [1.29, 1.82) is 0 Å². The van der Waals surface area contributed by atoms with Crippen LogP contribution in [0.15, 0.2) is 0 Å². The number of nitrogens with one attached hydrogen (secondary N) is 1. The SMILES string of the molecule is CCOC(=O)NN1C2CCC1CC(N)C2. The van der Waals surface area contributed by atoms with E-state index in [1.165, 1.54) is 0 Å². The Bertz CT molecular complexity index is 233. The Labute approximate surface area is 89.9 Å². The zero-order valence-corrected chi connectivity index (χ0v) is 9.11. The van der Waals surface area contributed by atoms with Gasteiger partial charge in [0.2, 0.25) is 0 Å². The molecule has 86 valence electrons. The zero-order chi connectivity index (χ0) is 10.8. The maximum Gasteiger partial charge on any atom is 0.421 e. The molecule has 2 fully saturated rings. The largest absolute Gasteiger partial charge is 0.449 e. The van der Waals surface area contributed by atoms with E-state index in [1.807, 2.05) is 5.01 Å². The maximum atomic E-state index is 11.3. The summed E-state index contributed by atoms with van der Waals surface area (Å²) >= 11 is 0. The van der Waals surface area contributed by atoms with Crippen molar-refractivity contribution in [2.75, 3.05) is 6.61 Å². The number of piperidine rings is 1. The summed E-state index contributed by atoms with van der Waals surface area (Å²) in [6.07, 6.45) is 3.87. The van der Waals surface area contributed by atoms with E-state index in [-0.39, 0.29) is 6.09 Å². The fourth-order valence-electron chi connectivity index (χ4n) is 2.67. The average Bonchev–Trinajstić information content (AvgIpc) is 2.44. The minimum Gasteiger partial charge on any atom is -0.449 e. The highest BCUT2D eigenvalue weighted by Gasteiger charge is 2.40. The molecule has 2 aliphatic heterocycles. The fourth-order valence-corrected chi connectivity index (χ4v) is 2.67. The Morgan fingerprint density at radius 1 is 1.47 bits per heavy atom. The van der Waals surface area contributed by atoms with Crippen molar-refractivity contribution in [3.63, 3.8) is 0 Å². The highest BCUT2D eigenvalue weighted by atomic mass is 16.6. The Hall–Kier alpha value is -0.810. The van der Waals surface area contributed by atoms with Crippen molar-refractivity contribution in [2.24, 2.45) is 5.73 Å². The van der Waals surface area contributed by atoms with Crippen molar-refractivity contribution in [2.45, 2.75) is 50.7 Å². The van der Waals surface area contributed by atoms with E-state index < -0.39 is 0 Å². The molecule has 2 bridgehead atoms. The van der Waals surface area contributed by atoms with Gasteiger partial charge < -0.3 is 10.5 Å². The molecule has 0 aliphatic carbocycles. The van der Waals surface area contributed by atoms with Crippen LogP contribution in [-0.2, 0) is 4.74 Å².